The van der Waals surface area contributed by atoms with E-state index in [0.717, 1.165) is 0 Å². The number of ether oxygens (including phenoxy) is 3. The van der Waals surface area contributed by atoms with Crippen molar-refractivity contribution < 1.29 is 23.9 Å². The van der Waals surface area contributed by atoms with Gasteiger partial charge in [-0.15, -0.1) is 0 Å². The largest absolute Gasteiger partial charge is 0.454 e. The van der Waals surface area contributed by atoms with Crippen molar-refractivity contribution in [3.05, 3.63) is 22.2 Å². The molecule has 1 heterocycles. The zero-order chi connectivity index (χ0) is 14.9. The molecule has 1 aromatic carbocycles. The van der Waals surface area contributed by atoms with Crippen molar-refractivity contribution in [2.75, 3.05) is 19.2 Å². The first-order chi connectivity index (χ1) is 9.35. The number of nitrogens with zero attached hydrogens (tertiary/aromatic N) is 1. The van der Waals surface area contributed by atoms with Gasteiger partial charge >= 0.3 is 0 Å². The van der Waals surface area contributed by atoms with Crippen molar-refractivity contribution >= 4 is 17.3 Å². The third-order valence-corrected chi connectivity index (χ3v) is 2.99. The Labute approximate surface area is 114 Å². The second-order valence-corrected chi connectivity index (χ2v) is 4.65. The van der Waals surface area contributed by atoms with E-state index >= 15 is 0 Å². The number of rotatable bonds is 4. The Balaban J connectivity index is 2.36. The van der Waals surface area contributed by atoms with Gasteiger partial charge in [-0.1, -0.05) is 0 Å². The van der Waals surface area contributed by atoms with Crippen molar-refractivity contribution in [1.29, 1.82) is 0 Å². The lowest BCUT2D eigenvalue weighted by Crippen LogP contribution is -2.38. The maximum absolute atomic E-state index is 12.0. The molecular formula is C12H14N2O6. The zero-order valence-electron chi connectivity index (χ0n) is 11.3. The van der Waals surface area contributed by atoms with Crippen molar-refractivity contribution in [1.82, 2.24) is 0 Å². The van der Waals surface area contributed by atoms with Crippen LogP contribution in [0.3, 0.4) is 0 Å². The second-order valence-electron chi connectivity index (χ2n) is 4.65. The average Bonchev–Trinajstić information content (AvgIpc) is 2.84. The number of hydrogen-bond acceptors (Lipinski definition) is 6. The van der Waals surface area contributed by atoms with E-state index in [0.29, 0.717) is 5.75 Å². The molecule has 0 atom stereocenters. The van der Waals surface area contributed by atoms with E-state index in [1.807, 2.05) is 0 Å². The van der Waals surface area contributed by atoms with E-state index < -0.39 is 16.4 Å². The Morgan fingerprint density at radius 2 is 2.00 bits per heavy atom. The van der Waals surface area contributed by atoms with Gasteiger partial charge in [0, 0.05) is 13.2 Å². The number of hydrogen-bond donors (Lipinski definition) is 1. The molecule has 0 bridgehead atoms. The molecule has 0 saturated heterocycles. The van der Waals surface area contributed by atoms with Crippen LogP contribution in [-0.2, 0) is 9.53 Å². The molecule has 1 aromatic rings. The number of anilines is 1. The summed E-state index contributed by atoms with van der Waals surface area (Å²) in [6, 6.07) is 2.59. The molecular weight excluding hydrogens is 268 g/mol. The third kappa shape index (κ3) is 2.50. The number of carbonyl (C=O) groups is 1. The maximum Gasteiger partial charge on any atom is 0.296 e. The Kier molecular flexibility index (Phi) is 3.49. The summed E-state index contributed by atoms with van der Waals surface area (Å²) in [6.07, 6.45) is 0. The van der Waals surface area contributed by atoms with Crippen LogP contribution >= 0.6 is 0 Å². The summed E-state index contributed by atoms with van der Waals surface area (Å²) in [6.45, 7) is 3.11. The molecule has 2 rings (SSSR count). The molecule has 1 amide bonds. The normalized spacial score (nSPS) is 13.2. The van der Waals surface area contributed by atoms with Crippen LogP contribution in [-0.4, -0.2) is 30.3 Å². The predicted octanol–water partition coefficient (Wildman–Crippen LogP) is 1.69. The molecule has 0 saturated carbocycles. The summed E-state index contributed by atoms with van der Waals surface area (Å²) in [5.41, 5.74) is -1.34. The van der Waals surface area contributed by atoms with Gasteiger partial charge in [-0.2, -0.15) is 0 Å². The SMILES string of the molecule is COC(C)(C)C(=O)Nc1cc2c(cc1[N+](=O)[O-])OCO2. The highest BCUT2D eigenvalue weighted by Crippen LogP contribution is 2.40. The Morgan fingerprint density at radius 1 is 1.40 bits per heavy atom. The number of fused-ring (bicyclic) bond motifs is 1. The monoisotopic (exact) mass is 282 g/mol. The van der Waals surface area contributed by atoms with Gasteiger partial charge in [0.05, 0.1) is 11.0 Å². The summed E-state index contributed by atoms with van der Waals surface area (Å²) in [5, 5.41) is 13.5. The van der Waals surface area contributed by atoms with E-state index in [4.69, 9.17) is 14.2 Å². The highest BCUT2D eigenvalue weighted by atomic mass is 16.7. The summed E-state index contributed by atoms with van der Waals surface area (Å²) in [7, 11) is 1.38. The molecule has 0 radical (unpaired) electrons. The molecule has 0 spiro atoms. The van der Waals surface area contributed by atoms with Crippen LogP contribution in [0.15, 0.2) is 12.1 Å². The average molecular weight is 282 g/mol. The predicted molar refractivity (Wildman–Crippen MR) is 68.9 cm³/mol. The van der Waals surface area contributed by atoms with Gasteiger partial charge in [0.1, 0.15) is 11.3 Å². The van der Waals surface area contributed by atoms with Gasteiger partial charge in [-0.05, 0) is 13.8 Å². The lowest BCUT2D eigenvalue weighted by molar-refractivity contribution is -0.384. The topological polar surface area (TPSA) is 99.9 Å². The van der Waals surface area contributed by atoms with Gasteiger partial charge in [0.2, 0.25) is 6.79 Å². The van der Waals surface area contributed by atoms with Crippen LogP contribution in [0.5, 0.6) is 11.5 Å². The fourth-order valence-corrected chi connectivity index (χ4v) is 1.55. The van der Waals surface area contributed by atoms with Gasteiger partial charge in [-0.3, -0.25) is 14.9 Å². The van der Waals surface area contributed by atoms with E-state index in [2.05, 4.69) is 5.32 Å². The quantitative estimate of drug-likeness (QED) is 0.666. The van der Waals surface area contributed by atoms with Crippen molar-refractivity contribution in [2.24, 2.45) is 0 Å². The van der Waals surface area contributed by atoms with Crippen molar-refractivity contribution in [2.45, 2.75) is 19.4 Å². The minimum atomic E-state index is -1.11. The van der Waals surface area contributed by atoms with Crippen molar-refractivity contribution in [3.63, 3.8) is 0 Å². The molecule has 0 fully saturated rings. The van der Waals surface area contributed by atoms with Crippen LogP contribution in [0.4, 0.5) is 11.4 Å². The van der Waals surface area contributed by atoms with Crippen LogP contribution in [0.25, 0.3) is 0 Å². The molecule has 0 aromatic heterocycles. The van der Waals surface area contributed by atoms with Gasteiger partial charge in [0.15, 0.2) is 11.5 Å². The molecule has 8 nitrogen and oxygen atoms in total. The number of nitro benzene ring substituents is 1. The summed E-state index contributed by atoms with van der Waals surface area (Å²) in [4.78, 5) is 22.5. The second kappa shape index (κ2) is 4.97. The highest BCUT2D eigenvalue weighted by molar-refractivity contribution is 5.98. The fourth-order valence-electron chi connectivity index (χ4n) is 1.55. The van der Waals surface area contributed by atoms with Gasteiger partial charge in [-0.25, -0.2) is 0 Å². The minimum absolute atomic E-state index is 0.00650. The Morgan fingerprint density at radius 3 is 2.55 bits per heavy atom. The Hall–Kier alpha value is -2.35. The number of nitro groups is 1. The maximum atomic E-state index is 12.0. The van der Waals surface area contributed by atoms with E-state index in [-0.39, 0.29) is 23.9 Å². The zero-order valence-corrected chi connectivity index (χ0v) is 11.3. The third-order valence-electron chi connectivity index (χ3n) is 2.99. The van der Waals surface area contributed by atoms with Crippen LogP contribution in [0.1, 0.15) is 13.8 Å². The smallest absolute Gasteiger partial charge is 0.296 e. The van der Waals surface area contributed by atoms with E-state index in [1.165, 1.54) is 19.2 Å². The first-order valence-electron chi connectivity index (χ1n) is 5.80. The van der Waals surface area contributed by atoms with Crippen LogP contribution < -0.4 is 14.8 Å². The lowest BCUT2D eigenvalue weighted by atomic mass is 10.1. The summed E-state index contributed by atoms with van der Waals surface area (Å²) < 4.78 is 15.2. The number of nitrogens with one attached hydrogen (secondary N) is 1. The van der Waals surface area contributed by atoms with Gasteiger partial charge < -0.3 is 19.5 Å². The summed E-state index contributed by atoms with van der Waals surface area (Å²) in [5.74, 6) is 0.129. The van der Waals surface area contributed by atoms with E-state index in [1.54, 1.807) is 13.8 Å². The molecule has 1 aliphatic rings. The molecule has 0 unspecified atom stereocenters. The van der Waals surface area contributed by atoms with E-state index in [9.17, 15) is 14.9 Å². The fraction of sp³-hybridized carbons (Fsp3) is 0.417. The first-order valence-corrected chi connectivity index (χ1v) is 5.80. The molecule has 108 valence electrons. The van der Waals surface area contributed by atoms with Crippen LogP contribution in [0, 0.1) is 10.1 Å². The van der Waals surface area contributed by atoms with Gasteiger partial charge in [0.25, 0.3) is 11.6 Å². The molecule has 8 heteroatoms. The number of methoxy groups -OCH3 is 1. The highest BCUT2D eigenvalue weighted by Gasteiger charge is 2.30. The standard InChI is InChI=1S/C12H14N2O6/c1-12(2,18-3)11(15)13-7-4-9-10(20-6-19-9)5-8(7)14(16)17/h4-5H,6H2,1-3H3,(H,13,15). The number of amides is 1. The lowest BCUT2D eigenvalue weighted by Gasteiger charge is -2.21. The molecule has 1 aliphatic heterocycles. The molecule has 20 heavy (non-hydrogen) atoms. The van der Waals surface area contributed by atoms with Crippen LogP contribution in [0.2, 0.25) is 0 Å². The summed E-state index contributed by atoms with van der Waals surface area (Å²) >= 11 is 0. The number of carbonyl (C=O) groups excluding carboxylic acids is 1. The molecule has 0 aliphatic carbocycles. The Bertz CT molecular complexity index is 569. The first kappa shape index (κ1) is 14.1. The minimum Gasteiger partial charge on any atom is -0.454 e. The number of benzene rings is 1. The molecule has 1 N–H and O–H groups in total. The van der Waals surface area contributed by atoms with Crippen molar-refractivity contribution in [3.8, 4) is 11.5 Å².